The lowest BCUT2D eigenvalue weighted by Gasteiger charge is -2.08. The normalized spacial score (nSPS) is 10.6. The zero-order valence-electron chi connectivity index (χ0n) is 11.8. The van der Waals surface area contributed by atoms with Crippen LogP contribution < -0.4 is 16.8 Å². The van der Waals surface area contributed by atoms with Crippen molar-refractivity contribution in [3.8, 4) is 0 Å². The van der Waals surface area contributed by atoms with E-state index in [-0.39, 0.29) is 11.1 Å². The van der Waals surface area contributed by atoms with E-state index in [0.717, 1.165) is 16.3 Å². The molecule has 5 nitrogen and oxygen atoms in total. The fourth-order valence-corrected chi connectivity index (χ4v) is 2.40. The van der Waals surface area contributed by atoms with E-state index < -0.39 is 5.91 Å². The number of amides is 1. The fraction of sp³-hybridized carbons (Fsp3) is 0.0588. The SMILES string of the molecule is NNC(=O)c1ccn(Cc2ccc3ccccc3c2)c(=O)c1. The molecule has 1 amide bonds. The van der Waals surface area contributed by atoms with E-state index in [9.17, 15) is 9.59 Å². The Kier molecular flexibility index (Phi) is 3.72. The minimum absolute atomic E-state index is 0.241. The maximum atomic E-state index is 12.1. The van der Waals surface area contributed by atoms with Gasteiger partial charge in [-0.25, -0.2) is 5.84 Å². The van der Waals surface area contributed by atoms with E-state index in [1.165, 1.54) is 6.07 Å². The zero-order chi connectivity index (χ0) is 15.5. The van der Waals surface area contributed by atoms with Gasteiger partial charge < -0.3 is 4.57 Å². The van der Waals surface area contributed by atoms with Gasteiger partial charge in [-0.15, -0.1) is 0 Å². The lowest BCUT2D eigenvalue weighted by molar-refractivity contribution is 0.0953. The second-order valence-corrected chi connectivity index (χ2v) is 5.04. The maximum Gasteiger partial charge on any atom is 0.265 e. The Balaban J connectivity index is 1.91. The number of aromatic nitrogens is 1. The van der Waals surface area contributed by atoms with Crippen molar-refractivity contribution in [2.75, 3.05) is 0 Å². The Bertz CT molecular complexity index is 900. The number of nitrogens with two attached hydrogens (primary N) is 1. The first kappa shape index (κ1) is 14.0. The highest BCUT2D eigenvalue weighted by atomic mass is 16.2. The standard InChI is InChI=1S/C17H15N3O2/c18-19-17(22)15-7-8-20(16(21)10-15)11-12-5-6-13-3-1-2-4-14(13)9-12/h1-10H,11,18H2,(H,19,22). The quantitative estimate of drug-likeness (QED) is 0.438. The number of hydrogen-bond donors (Lipinski definition) is 2. The van der Waals surface area contributed by atoms with Gasteiger partial charge in [-0.2, -0.15) is 0 Å². The Morgan fingerprint density at radius 2 is 1.82 bits per heavy atom. The molecular weight excluding hydrogens is 278 g/mol. The van der Waals surface area contributed by atoms with Crippen LogP contribution in [0.3, 0.4) is 0 Å². The number of benzene rings is 2. The molecule has 3 N–H and O–H groups in total. The zero-order valence-corrected chi connectivity index (χ0v) is 11.8. The molecule has 2 aromatic carbocycles. The van der Waals surface area contributed by atoms with Crippen LogP contribution in [0.5, 0.6) is 0 Å². The van der Waals surface area contributed by atoms with Crippen molar-refractivity contribution < 1.29 is 4.79 Å². The van der Waals surface area contributed by atoms with Crippen molar-refractivity contribution in [3.63, 3.8) is 0 Å². The average Bonchev–Trinajstić information content (AvgIpc) is 2.56. The summed E-state index contributed by atoms with van der Waals surface area (Å²) in [6, 6.07) is 17.0. The summed E-state index contributed by atoms with van der Waals surface area (Å²) in [6.45, 7) is 0.453. The average molecular weight is 293 g/mol. The highest BCUT2D eigenvalue weighted by molar-refractivity contribution is 5.93. The van der Waals surface area contributed by atoms with Crippen LogP contribution in [0.25, 0.3) is 10.8 Å². The summed E-state index contributed by atoms with van der Waals surface area (Å²) < 4.78 is 1.55. The number of hydrazine groups is 1. The Hall–Kier alpha value is -2.92. The van der Waals surface area contributed by atoms with Gasteiger partial charge in [0.1, 0.15) is 0 Å². The van der Waals surface area contributed by atoms with Crippen LogP contribution in [0.4, 0.5) is 0 Å². The summed E-state index contributed by atoms with van der Waals surface area (Å²) in [5.41, 5.74) is 3.05. The number of nitrogen functional groups attached to an aromatic ring is 1. The molecule has 0 unspecified atom stereocenters. The number of carbonyl (C=O) groups is 1. The third-order valence-electron chi connectivity index (χ3n) is 3.56. The van der Waals surface area contributed by atoms with Crippen molar-refractivity contribution in [2.24, 2.45) is 5.84 Å². The van der Waals surface area contributed by atoms with Crippen molar-refractivity contribution >= 4 is 16.7 Å². The summed E-state index contributed by atoms with van der Waals surface area (Å²) in [7, 11) is 0. The van der Waals surface area contributed by atoms with Crippen LogP contribution in [-0.2, 0) is 6.54 Å². The first-order valence-corrected chi connectivity index (χ1v) is 6.86. The minimum Gasteiger partial charge on any atom is -0.311 e. The summed E-state index contributed by atoms with van der Waals surface area (Å²) in [4.78, 5) is 23.5. The summed E-state index contributed by atoms with van der Waals surface area (Å²) >= 11 is 0. The lowest BCUT2D eigenvalue weighted by atomic mass is 10.1. The predicted molar refractivity (Wildman–Crippen MR) is 85.4 cm³/mol. The minimum atomic E-state index is -0.477. The largest absolute Gasteiger partial charge is 0.311 e. The summed E-state index contributed by atoms with van der Waals surface area (Å²) in [5.74, 6) is 4.58. The molecule has 1 aromatic heterocycles. The highest BCUT2D eigenvalue weighted by Gasteiger charge is 2.06. The third kappa shape index (κ3) is 2.75. The van der Waals surface area contributed by atoms with Crippen molar-refractivity contribution in [3.05, 3.63) is 82.3 Å². The summed E-state index contributed by atoms with van der Waals surface area (Å²) in [5, 5.41) is 2.29. The molecule has 5 heteroatoms. The van der Waals surface area contributed by atoms with Gasteiger partial charge in [0.2, 0.25) is 0 Å². The predicted octanol–water partition coefficient (Wildman–Crippen LogP) is 1.65. The number of carbonyl (C=O) groups excluding carboxylic acids is 1. The number of pyridine rings is 1. The lowest BCUT2D eigenvalue weighted by Crippen LogP contribution is -2.31. The second-order valence-electron chi connectivity index (χ2n) is 5.04. The van der Waals surface area contributed by atoms with Crippen LogP contribution in [0.1, 0.15) is 15.9 Å². The topological polar surface area (TPSA) is 77.1 Å². The molecule has 0 aliphatic carbocycles. The van der Waals surface area contributed by atoms with Crippen LogP contribution in [-0.4, -0.2) is 10.5 Å². The molecule has 1 heterocycles. The van der Waals surface area contributed by atoms with Crippen LogP contribution in [0.2, 0.25) is 0 Å². The molecule has 0 aliphatic rings. The first-order valence-electron chi connectivity index (χ1n) is 6.86. The monoisotopic (exact) mass is 293 g/mol. The van der Waals surface area contributed by atoms with E-state index in [4.69, 9.17) is 5.84 Å². The molecule has 0 radical (unpaired) electrons. The molecule has 0 aliphatic heterocycles. The number of hydrogen-bond acceptors (Lipinski definition) is 3. The Morgan fingerprint density at radius 1 is 1.05 bits per heavy atom. The molecule has 0 fully saturated rings. The van der Waals surface area contributed by atoms with Gasteiger partial charge in [-0.1, -0.05) is 36.4 Å². The Morgan fingerprint density at radius 3 is 2.55 bits per heavy atom. The van der Waals surface area contributed by atoms with Gasteiger partial charge in [0.25, 0.3) is 11.5 Å². The van der Waals surface area contributed by atoms with Gasteiger partial charge in [0.15, 0.2) is 0 Å². The molecule has 22 heavy (non-hydrogen) atoms. The van der Waals surface area contributed by atoms with E-state index in [2.05, 4.69) is 6.07 Å². The van der Waals surface area contributed by atoms with Crippen LogP contribution in [0, 0.1) is 0 Å². The Labute approximate surface area is 127 Å². The first-order chi connectivity index (χ1) is 10.7. The van der Waals surface area contributed by atoms with Gasteiger partial charge in [0.05, 0.1) is 6.54 Å². The van der Waals surface area contributed by atoms with Crippen molar-refractivity contribution in [1.29, 1.82) is 0 Å². The highest BCUT2D eigenvalue weighted by Crippen LogP contribution is 2.16. The molecule has 0 saturated heterocycles. The van der Waals surface area contributed by atoms with Gasteiger partial charge >= 0.3 is 0 Å². The molecule has 0 bridgehead atoms. The van der Waals surface area contributed by atoms with Gasteiger partial charge in [-0.3, -0.25) is 15.0 Å². The summed E-state index contributed by atoms with van der Waals surface area (Å²) in [6.07, 6.45) is 1.60. The van der Waals surface area contributed by atoms with Gasteiger partial charge in [0, 0.05) is 17.8 Å². The number of rotatable bonds is 3. The number of fused-ring (bicyclic) bond motifs is 1. The molecule has 110 valence electrons. The van der Waals surface area contributed by atoms with E-state index >= 15 is 0 Å². The number of nitrogens with zero attached hydrogens (tertiary/aromatic N) is 1. The molecule has 0 atom stereocenters. The molecule has 0 saturated carbocycles. The smallest absolute Gasteiger partial charge is 0.265 e. The molecule has 3 rings (SSSR count). The van der Waals surface area contributed by atoms with Crippen LogP contribution >= 0.6 is 0 Å². The number of nitrogens with one attached hydrogen (secondary N) is 1. The molecule has 0 spiro atoms. The van der Waals surface area contributed by atoms with Gasteiger partial charge in [-0.05, 0) is 28.5 Å². The van der Waals surface area contributed by atoms with E-state index in [1.807, 2.05) is 41.8 Å². The third-order valence-corrected chi connectivity index (χ3v) is 3.56. The second kappa shape index (κ2) is 5.83. The van der Waals surface area contributed by atoms with Crippen LogP contribution in [0.15, 0.2) is 65.6 Å². The maximum absolute atomic E-state index is 12.1. The van der Waals surface area contributed by atoms with E-state index in [0.29, 0.717) is 6.54 Å². The van der Waals surface area contributed by atoms with E-state index in [1.54, 1.807) is 16.8 Å². The van der Waals surface area contributed by atoms with Crippen molar-refractivity contribution in [1.82, 2.24) is 9.99 Å². The molecular formula is C17H15N3O2. The molecule has 3 aromatic rings. The van der Waals surface area contributed by atoms with Crippen molar-refractivity contribution in [2.45, 2.75) is 6.54 Å². The fourth-order valence-electron chi connectivity index (χ4n) is 2.40.